The SMILES string of the molecule is CC(=O)OCC(C)(C)Cc1c(-c2ccc3[nH]ccc3c2)ccc(CC(NC(=O)OC(C)(C)C)C(=O)O)c1I. The molecule has 3 N–H and O–H groups in total. The van der Waals surface area contributed by atoms with E-state index in [-0.39, 0.29) is 24.4 Å². The molecule has 1 atom stereocenters. The number of aromatic amines is 1. The van der Waals surface area contributed by atoms with Crippen LogP contribution in [0.3, 0.4) is 0 Å². The summed E-state index contributed by atoms with van der Waals surface area (Å²) in [5.41, 5.74) is 3.78. The van der Waals surface area contributed by atoms with Crippen molar-refractivity contribution < 1.29 is 29.0 Å². The Labute approximate surface area is 236 Å². The Morgan fingerprint density at radius 2 is 1.79 bits per heavy atom. The van der Waals surface area contributed by atoms with E-state index in [1.807, 2.05) is 44.3 Å². The van der Waals surface area contributed by atoms with Crippen LogP contribution in [0.15, 0.2) is 42.6 Å². The van der Waals surface area contributed by atoms with Gasteiger partial charge in [0.05, 0.1) is 6.61 Å². The van der Waals surface area contributed by atoms with Gasteiger partial charge in [-0.05, 0) is 95.6 Å². The third kappa shape index (κ3) is 7.96. The standard InChI is InChI=1S/C29H35IN2O6/c1-17(33)37-16-29(5,6)15-22-21(18-8-10-23-19(13-18)11-12-31-23)9-7-20(25(22)30)14-24(26(34)35)32-27(36)38-28(2,3)4/h7-13,24,31H,14-16H2,1-6H3,(H,32,36)(H,34,35). The normalized spacial score (nSPS) is 12.7. The van der Waals surface area contributed by atoms with E-state index in [9.17, 15) is 19.5 Å². The first-order chi connectivity index (χ1) is 17.6. The van der Waals surface area contributed by atoms with Crippen LogP contribution in [0.5, 0.6) is 0 Å². The predicted octanol–water partition coefficient (Wildman–Crippen LogP) is 6.09. The molecular weight excluding hydrogens is 599 g/mol. The van der Waals surface area contributed by atoms with Gasteiger partial charge in [0.25, 0.3) is 0 Å². The lowest BCUT2D eigenvalue weighted by Gasteiger charge is -2.27. The fraction of sp³-hybridized carbons (Fsp3) is 0.414. The second-order valence-electron chi connectivity index (χ2n) is 11.2. The van der Waals surface area contributed by atoms with Crippen LogP contribution in [0.2, 0.25) is 0 Å². The molecule has 3 aromatic rings. The molecule has 0 saturated heterocycles. The number of aromatic nitrogens is 1. The van der Waals surface area contributed by atoms with Crippen LogP contribution >= 0.6 is 22.6 Å². The number of fused-ring (bicyclic) bond motifs is 1. The number of carbonyl (C=O) groups is 3. The second-order valence-corrected chi connectivity index (χ2v) is 12.3. The lowest BCUT2D eigenvalue weighted by Crippen LogP contribution is -2.44. The molecule has 1 unspecified atom stereocenters. The Kier molecular flexibility index (Phi) is 9.12. The maximum Gasteiger partial charge on any atom is 0.408 e. The zero-order valence-electron chi connectivity index (χ0n) is 22.6. The number of aliphatic carboxylic acids is 1. The van der Waals surface area contributed by atoms with Gasteiger partial charge in [0.1, 0.15) is 11.6 Å². The summed E-state index contributed by atoms with van der Waals surface area (Å²) in [4.78, 5) is 39.0. The molecule has 38 heavy (non-hydrogen) atoms. The number of carboxylic acids is 1. The summed E-state index contributed by atoms with van der Waals surface area (Å²) in [7, 11) is 0. The van der Waals surface area contributed by atoms with E-state index in [0.29, 0.717) is 6.42 Å². The summed E-state index contributed by atoms with van der Waals surface area (Å²) < 4.78 is 11.5. The highest BCUT2D eigenvalue weighted by Crippen LogP contribution is 2.36. The lowest BCUT2D eigenvalue weighted by molar-refractivity contribution is -0.144. The van der Waals surface area contributed by atoms with Crippen molar-refractivity contribution in [2.45, 2.75) is 66.0 Å². The summed E-state index contributed by atoms with van der Waals surface area (Å²) in [5, 5.41) is 13.4. The van der Waals surface area contributed by atoms with E-state index in [0.717, 1.165) is 36.7 Å². The van der Waals surface area contributed by atoms with E-state index in [1.165, 1.54) is 6.92 Å². The van der Waals surface area contributed by atoms with Crippen LogP contribution in [0.4, 0.5) is 4.79 Å². The van der Waals surface area contributed by atoms with Gasteiger partial charge in [-0.15, -0.1) is 0 Å². The Hall–Kier alpha value is -3.08. The van der Waals surface area contributed by atoms with Crippen molar-refractivity contribution in [3.8, 4) is 11.1 Å². The highest BCUT2D eigenvalue weighted by atomic mass is 127. The number of benzene rings is 2. The third-order valence-corrected chi connectivity index (χ3v) is 7.27. The van der Waals surface area contributed by atoms with Gasteiger partial charge in [0.2, 0.25) is 0 Å². The molecule has 1 aromatic heterocycles. The van der Waals surface area contributed by atoms with Crippen LogP contribution in [-0.2, 0) is 31.9 Å². The lowest BCUT2D eigenvalue weighted by atomic mass is 9.82. The molecule has 3 rings (SSSR count). The number of ether oxygens (including phenoxy) is 2. The molecule has 0 bridgehead atoms. The maximum absolute atomic E-state index is 12.3. The molecule has 1 heterocycles. The fourth-order valence-electron chi connectivity index (χ4n) is 4.19. The zero-order valence-corrected chi connectivity index (χ0v) is 24.8. The largest absolute Gasteiger partial charge is 0.480 e. The Morgan fingerprint density at radius 1 is 1.08 bits per heavy atom. The summed E-state index contributed by atoms with van der Waals surface area (Å²) in [6.07, 6.45) is 1.79. The van der Waals surface area contributed by atoms with Gasteiger partial charge in [-0.1, -0.05) is 32.0 Å². The number of hydrogen-bond acceptors (Lipinski definition) is 5. The molecular formula is C29H35IN2O6. The smallest absolute Gasteiger partial charge is 0.408 e. The van der Waals surface area contributed by atoms with Crippen LogP contribution < -0.4 is 5.32 Å². The molecule has 0 aliphatic heterocycles. The number of rotatable bonds is 9. The molecule has 8 nitrogen and oxygen atoms in total. The van der Waals surface area contributed by atoms with Crippen molar-refractivity contribution >= 4 is 51.5 Å². The van der Waals surface area contributed by atoms with Crippen LogP contribution in [-0.4, -0.2) is 46.4 Å². The first-order valence-electron chi connectivity index (χ1n) is 12.4. The van der Waals surface area contributed by atoms with Crippen LogP contribution in [0.25, 0.3) is 22.0 Å². The summed E-state index contributed by atoms with van der Waals surface area (Å²) >= 11 is 2.25. The van der Waals surface area contributed by atoms with Crippen molar-refractivity contribution in [3.63, 3.8) is 0 Å². The number of hydrogen-bond donors (Lipinski definition) is 3. The van der Waals surface area contributed by atoms with Gasteiger partial charge in [-0.25, -0.2) is 9.59 Å². The average molecular weight is 635 g/mol. The van der Waals surface area contributed by atoms with Crippen molar-refractivity contribution in [3.05, 3.63) is 57.3 Å². The number of H-pyrrole nitrogens is 1. The Morgan fingerprint density at radius 3 is 2.42 bits per heavy atom. The minimum absolute atomic E-state index is 0.0847. The highest BCUT2D eigenvalue weighted by molar-refractivity contribution is 14.1. The van der Waals surface area contributed by atoms with Crippen molar-refractivity contribution in [1.82, 2.24) is 10.3 Å². The first kappa shape index (κ1) is 29.5. The molecule has 0 aliphatic rings. The van der Waals surface area contributed by atoms with Gasteiger partial charge in [0.15, 0.2) is 0 Å². The number of nitrogens with one attached hydrogen (secondary N) is 2. The quantitative estimate of drug-likeness (QED) is 0.194. The van der Waals surface area contributed by atoms with E-state index in [1.54, 1.807) is 20.8 Å². The molecule has 0 aliphatic carbocycles. The molecule has 0 radical (unpaired) electrons. The van der Waals surface area contributed by atoms with Gasteiger partial charge >= 0.3 is 18.0 Å². The molecule has 204 valence electrons. The van der Waals surface area contributed by atoms with Gasteiger partial charge in [-0.3, -0.25) is 4.79 Å². The average Bonchev–Trinajstić information content (AvgIpc) is 3.26. The van der Waals surface area contributed by atoms with E-state index < -0.39 is 23.7 Å². The molecule has 9 heteroatoms. The molecule has 2 aromatic carbocycles. The highest BCUT2D eigenvalue weighted by Gasteiger charge is 2.28. The Balaban J connectivity index is 2.01. The molecule has 1 amide bonds. The van der Waals surface area contributed by atoms with Crippen LogP contribution in [0.1, 0.15) is 52.7 Å². The third-order valence-electron chi connectivity index (χ3n) is 5.92. The van der Waals surface area contributed by atoms with Gasteiger partial charge < -0.3 is 24.9 Å². The maximum atomic E-state index is 12.3. The monoisotopic (exact) mass is 634 g/mol. The fourth-order valence-corrected chi connectivity index (χ4v) is 5.07. The van der Waals surface area contributed by atoms with Crippen LogP contribution in [0, 0.1) is 8.99 Å². The zero-order chi connectivity index (χ0) is 28.3. The first-order valence-corrected chi connectivity index (χ1v) is 13.5. The number of alkyl carbamates (subject to hydrolysis) is 1. The second kappa shape index (κ2) is 11.8. The van der Waals surface area contributed by atoms with Crippen molar-refractivity contribution in [1.29, 1.82) is 0 Å². The summed E-state index contributed by atoms with van der Waals surface area (Å²) in [6, 6.07) is 11.0. The molecule has 0 spiro atoms. The molecule has 0 saturated carbocycles. The minimum Gasteiger partial charge on any atom is -0.480 e. The van der Waals surface area contributed by atoms with E-state index in [2.05, 4.69) is 45.0 Å². The summed E-state index contributed by atoms with van der Waals surface area (Å²) in [6.45, 7) is 10.9. The van der Waals surface area contributed by atoms with Gasteiger partial charge in [0, 0.05) is 34.0 Å². The predicted molar refractivity (Wildman–Crippen MR) is 155 cm³/mol. The number of halogens is 1. The van der Waals surface area contributed by atoms with Crippen molar-refractivity contribution in [2.75, 3.05) is 6.61 Å². The summed E-state index contributed by atoms with van der Waals surface area (Å²) in [5.74, 6) is -1.48. The molecule has 0 fully saturated rings. The number of esters is 1. The number of carbonyl (C=O) groups excluding carboxylic acids is 2. The van der Waals surface area contributed by atoms with E-state index in [4.69, 9.17) is 9.47 Å². The minimum atomic E-state index is -1.16. The number of carboxylic acid groups (broad SMARTS) is 1. The topological polar surface area (TPSA) is 118 Å². The van der Waals surface area contributed by atoms with Gasteiger partial charge in [-0.2, -0.15) is 0 Å². The van der Waals surface area contributed by atoms with Crippen molar-refractivity contribution in [2.24, 2.45) is 5.41 Å². The van der Waals surface area contributed by atoms with E-state index >= 15 is 0 Å². The Bertz CT molecular complexity index is 1340. The number of amides is 1.